The molecular weight excluding hydrogens is 316 g/mol. The molecule has 1 amide bonds. The highest BCUT2D eigenvalue weighted by atomic mass is 32.1. The molecule has 3 nitrogen and oxygen atoms in total. The van der Waals surface area contributed by atoms with E-state index < -0.39 is 0 Å². The molecule has 0 saturated heterocycles. The molecule has 0 radical (unpaired) electrons. The van der Waals surface area contributed by atoms with Crippen molar-refractivity contribution >= 4 is 32.6 Å². The molecule has 124 valence electrons. The van der Waals surface area contributed by atoms with Crippen LogP contribution < -0.4 is 5.32 Å². The third kappa shape index (κ3) is 3.65. The first kappa shape index (κ1) is 16.7. The number of hydrogen-bond donors (Lipinski definition) is 1. The highest BCUT2D eigenvalue weighted by Crippen LogP contribution is 2.29. The smallest absolute Gasteiger partial charge is 0.230 e. The Balaban J connectivity index is 1.71. The Morgan fingerprint density at radius 2 is 1.88 bits per heavy atom. The van der Waals surface area contributed by atoms with E-state index in [0.717, 1.165) is 15.8 Å². The maximum Gasteiger partial charge on any atom is 0.230 e. The van der Waals surface area contributed by atoms with E-state index in [1.54, 1.807) is 0 Å². The van der Waals surface area contributed by atoms with Gasteiger partial charge in [-0.2, -0.15) is 0 Å². The Morgan fingerprint density at radius 3 is 2.54 bits per heavy atom. The van der Waals surface area contributed by atoms with Crippen molar-refractivity contribution in [3.05, 3.63) is 58.7 Å². The number of carbonyl (C=O) groups excluding carboxylic acids is 1. The fourth-order valence-corrected chi connectivity index (χ4v) is 3.73. The number of amides is 1. The van der Waals surface area contributed by atoms with Crippen LogP contribution in [0.5, 0.6) is 0 Å². The van der Waals surface area contributed by atoms with Gasteiger partial charge in [0.05, 0.1) is 16.6 Å². The van der Waals surface area contributed by atoms with E-state index in [4.69, 9.17) is 0 Å². The van der Waals surface area contributed by atoms with Crippen molar-refractivity contribution in [2.45, 2.75) is 40.0 Å². The molecule has 0 saturated carbocycles. The maximum atomic E-state index is 12.3. The highest BCUT2D eigenvalue weighted by molar-refractivity contribution is 7.22. The molecular formula is C20H22N2OS. The Morgan fingerprint density at radius 1 is 1.17 bits per heavy atom. The lowest BCUT2D eigenvalue weighted by atomic mass is 10.0. The summed E-state index contributed by atoms with van der Waals surface area (Å²) in [6, 6.07) is 12.4. The number of rotatable bonds is 4. The number of nitrogens with one attached hydrogen (secondary N) is 1. The largest absolute Gasteiger partial charge is 0.302 e. The summed E-state index contributed by atoms with van der Waals surface area (Å²) in [7, 11) is 0. The summed E-state index contributed by atoms with van der Waals surface area (Å²) < 4.78 is 1.14. The molecule has 0 unspecified atom stereocenters. The number of hydrogen-bond acceptors (Lipinski definition) is 3. The average molecular weight is 338 g/mol. The molecule has 0 aliphatic rings. The molecule has 24 heavy (non-hydrogen) atoms. The van der Waals surface area contributed by atoms with E-state index in [1.807, 2.05) is 12.1 Å². The van der Waals surface area contributed by atoms with Gasteiger partial charge in [0.25, 0.3) is 0 Å². The Hall–Kier alpha value is -2.20. The van der Waals surface area contributed by atoms with Crippen molar-refractivity contribution in [3.63, 3.8) is 0 Å². The molecule has 0 bridgehead atoms. The topological polar surface area (TPSA) is 42.0 Å². The third-order valence-corrected chi connectivity index (χ3v) is 5.20. The van der Waals surface area contributed by atoms with E-state index in [9.17, 15) is 4.79 Å². The molecule has 3 aromatic rings. The number of nitrogens with zero attached hydrogens (tertiary/aromatic N) is 1. The molecule has 2 aromatic carbocycles. The van der Waals surface area contributed by atoms with Gasteiger partial charge in [0.2, 0.25) is 5.91 Å². The molecule has 0 aliphatic heterocycles. The molecule has 0 atom stereocenters. The second-order valence-electron chi connectivity index (χ2n) is 6.57. The van der Waals surface area contributed by atoms with Crippen LogP contribution in [0.25, 0.3) is 10.2 Å². The van der Waals surface area contributed by atoms with E-state index in [2.05, 4.69) is 62.3 Å². The molecule has 1 aromatic heterocycles. The zero-order valence-corrected chi connectivity index (χ0v) is 15.3. The third-order valence-electron chi connectivity index (χ3n) is 4.08. The number of benzene rings is 2. The Bertz CT molecular complexity index is 879. The molecule has 4 heteroatoms. The summed E-state index contributed by atoms with van der Waals surface area (Å²) in [5, 5.41) is 3.60. The Kier molecular flexibility index (Phi) is 4.67. The lowest BCUT2D eigenvalue weighted by Crippen LogP contribution is -2.14. The monoisotopic (exact) mass is 338 g/mol. The molecule has 3 rings (SSSR count). The summed E-state index contributed by atoms with van der Waals surface area (Å²) in [5.74, 6) is 0.475. The summed E-state index contributed by atoms with van der Waals surface area (Å²) in [6.45, 7) is 8.47. The van der Waals surface area contributed by atoms with Crippen molar-refractivity contribution in [1.82, 2.24) is 4.98 Å². The highest BCUT2D eigenvalue weighted by Gasteiger charge is 2.11. The first-order chi connectivity index (χ1) is 11.4. The SMILES string of the molecule is Cc1cc(C)c2sc(NC(=O)Cc3ccc(C(C)C)cc3)nc2c1. The minimum absolute atomic E-state index is 0.0271. The van der Waals surface area contributed by atoms with Crippen molar-refractivity contribution in [2.24, 2.45) is 0 Å². The van der Waals surface area contributed by atoms with Gasteiger partial charge in [-0.15, -0.1) is 0 Å². The molecule has 0 fully saturated rings. The minimum Gasteiger partial charge on any atom is -0.302 e. The standard InChI is InChI=1S/C20H22N2OS/c1-12(2)16-7-5-15(6-8-16)11-18(23)22-20-21-17-10-13(3)9-14(4)19(17)24-20/h5-10,12H,11H2,1-4H3,(H,21,22,23). The molecule has 0 spiro atoms. The van der Waals surface area contributed by atoms with Crippen molar-refractivity contribution in [2.75, 3.05) is 5.32 Å². The van der Waals surface area contributed by atoms with Crippen LogP contribution in [0.15, 0.2) is 36.4 Å². The lowest BCUT2D eigenvalue weighted by Gasteiger charge is -2.06. The Labute approximate surface area is 146 Å². The van der Waals surface area contributed by atoms with E-state index in [-0.39, 0.29) is 5.91 Å². The lowest BCUT2D eigenvalue weighted by molar-refractivity contribution is -0.115. The van der Waals surface area contributed by atoms with Crippen molar-refractivity contribution in [1.29, 1.82) is 0 Å². The second kappa shape index (κ2) is 6.73. The summed E-state index contributed by atoms with van der Waals surface area (Å²) in [6.07, 6.45) is 0.367. The van der Waals surface area contributed by atoms with E-state index in [1.165, 1.54) is 28.0 Å². The minimum atomic E-state index is -0.0271. The van der Waals surface area contributed by atoms with E-state index in [0.29, 0.717) is 17.5 Å². The van der Waals surface area contributed by atoms with Crippen molar-refractivity contribution < 1.29 is 4.79 Å². The molecule has 0 aliphatic carbocycles. The van der Waals surface area contributed by atoms with Gasteiger partial charge in [0.15, 0.2) is 5.13 Å². The van der Waals surface area contributed by atoms with Gasteiger partial charge in [-0.25, -0.2) is 4.98 Å². The van der Waals surface area contributed by atoms with Crippen LogP contribution in [-0.4, -0.2) is 10.9 Å². The summed E-state index contributed by atoms with van der Waals surface area (Å²) in [4.78, 5) is 16.8. The second-order valence-corrected chi connectivity index (χ2v) is 7.57. The van der Waals surface area contributed by atoms with Gasteiger partial charge in [-0.3, -0.25) is 4.79 Å². The average Bonchev–Trinajstić information content (AvgIpc) is 2.90. The summed E-state index contributed by atoms with van der Waals surface area (Å²) >= 11 is 1.53. The van der Waals surface area contributed by atoms with Gasteiger partial charge in [0.1, 0.15) is 0 Å². The zero-order chi connectivity index (χ0) is 17.3. The van der Waals surface area contributed by atoms with Crippen LogP contribution in [0.3, 0.4) is 0 Å². The molecule has 1 N–H and O–H groups in total. The first-order valence-corrected chi connectivity index (χ1v) is 9.00. The number of fused-ring (bicyclic) bond motifs is 1. The number of aromatic nitrogens is 1. The predicted octanol–water partition coefficient (Wildman–Crippen LogP) is 5.22. The van der Waals surface area contributed by atoms with E-state index >= 15 is 0 Å². The van der Waals surface area contributed by atoms with Crippen LogP contribution >= 0.6 is 11.3 Å². The van der Waals surface area contributed by atoms with Gasteiger partial charge in [-0.05, 0) is 48.1 Å². The number of thiazole rings is 1. The number of carbonyl (C=O) groups is 1. The zero-order valence-electron chi connectivity index (χ0n) is 14.5. The van der Waals surface area contributed by atoms with Gasteiger partial charge in [0, 0.05) is 0 Å². The molecule has 1 heterocycles. The van der Waals surface area contributed by atoms with Crippen LogP contribution in [0, 0.1) is 13.8 Å². The first-order valence-electron chi connectivity index (χ1n) is 8.19. The summed E-state index contributed by atoms with van der Waals surface area (Å²) in [5.41, 5.74) is 5.65. The van der Waals surface area contributed by atoms with Crippen molar-refractivity contribution in [3.8, 4) is 0 Å². The van der Waals surface area contributed by atoms with Crippen LogP contribution in [0.4, 0.5) is 5.13 Å². The quantitative estimate of drug-likeness (QED) is 0.709. The fourth-order valence-electron chi connectivity index (χ4n) is 2.80. The van der Waals surface area contributed by atoms with Crippen LogP contribution in [0.2, 0.25) is 0 Å². The van der Waals surface area contributed by atoms with Crippen LogP contribution in [0.1, 0.15) is 42.0 Å². The maximum absolute atomic E-state index is 12.3. The van der Waals surface area contributed by atoms with Crippen LogP contribution in [-0.2, 0) is 11.2 Å². The van der Waals surface area contributed by atoms with Gasteiger partial charge < -0.3 is 5.32 Å². The predicted molar refractivity (Wildman–Crippen MR) is 102 cm³/mol. The number of anilines is 1. The van der Waals surface area contributed by atoms with Gasteiger partial charge in [-0.1, -0.05) is 55.5 Å². The fraction of sp³-hybridized carbons (Fsp3) is 0.300. The normalized spacial score (nSPS) is 11.2. The number of aryl methyl sites for hydroxylation is 2. The van der Waals surface area contributed by atoms with Gasteiger partial charge >= 0.3 is 0 Å².